The van der Waals surface area contributed by atoms with Gasteiger partial charge < -0.3 is 0 Å². The number of allylic oxidation sites excluding steroid dienone is 2. The molecule has 0 aromatic heterocycles. The molecule has 1 radical (unpaired) electrons. The van der Waals surface area contributed by atoms with E-state index in [4.69, 9.17) is 0 Å². The second-order valence-electron chi connectivity index (χ2n) is 5.75. The largest absolute Gasteiger partial charge is 0.0885 e. The molecule has 19 heavy (non-hydrogen) atoms. The highest BCUT2D eigenvalue weighted by atomic mass is 14.0. The first-order valence-corrected chi connectivity index (χ1v) is 8.90. The molecule has 0 nitrogen and oxygen atoms in total. The lowest BCUT2D eigenvalue weighted by Crippen LogP contribution is -1.82. The summed E-state index contributed by atoms with van der Waals surface area (Å²) in [7, 11) is 0. The van der Waals surface area contributed by atoms with Crippen molar-refractivity contribution in [2.24, 2.45) is 0 Å². The molecule has 0 spiro atoms. The lowest BCUT2D eigenvalue weighted by atomic mass is 10.0. The molecule has 0 aliphatic carbocycles. The van der Waals surface area contributed by atoms with E-state index in [0.29, 0.717) is 0 Å². The second-order valence-corrected chi connectivity index (χ2v) is 5.75. The molecule has 0 bridgehead atoms. The minimum atomic E-state index is 1.16. The zero-order valence-electron chi connectivity index (χ0n) is 13.6. The lowest BCUT2D eigenvalue weighted by Gasteiger charge is -2.02. The van der Waals surface area contributed by atoms with Gasteiger partial charge in [0, 0.05) is 0 Å². The lowest BCUT2D eigenvalue weighted by molar-refractivity contribution is 0.544. The van der Waals surface area contributed by atoms with Gasteiger partial charge in [0.05, 0.1) is 0 Å². The minimum absolute atomic E-state index is 1.16. The zero-order valence-corrected chi connectivity index (χ0v) is 13.6. The number of unbranched alkanes of at least 4 members (excludes halogenated alkanes) is 13. The second kappa shape index (κ2) is 17.7. The predicted octanol–water partition coefficient (Wildman–Crippen LogP) is 7.25. The first kappa shape index (κ1) is 18.7. The maximum absolute atomic E-state index is 2.32. The Hall–Kier alpha value is -0.260. The van der Waals surface area contributed by atoms with Crippen LogP contribution in [-0.4, -0.2) is 0 Å². The van der Waals surface area contributed by atoms with E-state index in [0.717, 1.165) is 6.42 Å². The molecule has 0 aromatic rings. The first-order valence-electron chi connectivity index (χ1n) is 8.90. The van der Waals surface area contributed by atoms with Crippen LogP contribution in [0.25, 0.3) is 0 Å². The molecule has 0 rings (SSSR count). The van der Waals surface area contributed by atoms with Crippen molar-refractivity contribution in [3.05, 3.63) is 18.6 Å². The molecule has 0 saturated carbocycles. The van der Waals surface area contributed by atoms with Crippen LogP contribution in [0.3, 0.4) is 0 Å². The third-order valence-electron chi connectivity index (χ3n) is 3.73. The molecule has 0 atom stereocenters. The summed E-state index contributed by atoms with van der Waals surface area (Å²) in [4.78, 5) is 0. The first-order chi connectivity index (χ1) is 9.41. The summed E-state index contributed by atoms with van der Waals surface area (Å²) in [6.45, 7) is 4.48. The molecule has 0 amide bonds. The number of hydrogen-bond acceptors (Lipinski definition) is 0. The van der Waals surface area contributed by atoms with Gasteiger partial charge in [0.15, 0.2) is 0 Å². The van der Waals surface area contributed by atoms with E-state index in [1.165, 1.54) is 83.5 Å². The highest BCUT2D eigenvalue weighted by Gasteiger charge is 1.93. The van der Waals surface area contributed by atoms with Crippen LogP contribution < -0.4 is 0 Å². The van der Waals surface area contributed by atoms with Crippen LogP contribution in [0.2, 0.25) is 0 Å². The summed E-state index contributed by atoms with van der Waals surface area (Å²) in [5.41, 5.74) is 0. The molecular formula is C19H37. The van der Waals surface area contributed by atoms with Crippen LogP contribution >= 0.6 is 0 Å². The van der Waals surface area contributed by atoms with Crippen LogP contribution in [0, 0.1) is 6.42 Å². The fourth-order valence-electron chi connectivity index (χ4n) is 2.43. The van der Waals surface area contributed by atoms with E-state index in [1.54, 1.807) is 0 Å². The van der Waals surface area contributed by atoms with Crippen LogP contribution in [0.1, 0.15) is 104 Å². The van der Waals surface area contributed by atoms with E-state index in [1.807, 2.05) is 0 Å². The maximum Gasteiger partial charge on any atom is -0.0171 e. The van der Waals surface area contributed by atoms with Gasteiger partial charge >= 0.3 is 0 Å². The molecule has 0 heterocycles. The van der Waals surface area contributed by atoms with Crippen LogP contribution in [0.4, 0.5) is 0 Å². The summed E-state index contributed by atoms with van der Waals surface area (Å²) in [5, 5.41) is 0. The van der Waals surface area contributed by atoms with Gasteiger partial charge in [-0.15, -0.1) is 0 Å². The Bertz CT molecular complexity index is 169. The van der Waals surface area contributed by atoms with Gasteiger partial charge in [-0.05, 0) is 19.3 Å². The monoisotopic (exact) mass is 265 g/mol. The zero-order chi connectivity index (χ0) is 14.0. The minimum Gasteiger partial charge on any atom is -0.0885 e. The quantitative estimate of drug-likeness (QED) is 0.274. The molecule has 0 N–H and O–H groups in total. The van der Waals surface area contributed by atoms with Crippen molar-refractivity contribution in [1.29, 1.82) is 0 Å². The van der Waals surface area contributed by atoms with Gasteiger partial charge in [0.2, 0.25) is 0 Å². The molecular weight excluding hydrogens is 228 g/mol. The van der Waals surface area contributed by atoms with Crippen molar-refractivity contribution >= 4 is 0 Å². The molecule has 0 saturated heterocycles. The van der Waals surface area contributed by atoms with Gasteiger partial charge in [0.25, 0.3) is 0 Å². The van der Waals surface area contributed by atoms with E-state index < -0.39 is 0 Å². The molecule has 0 unspecified atom stereocenters. The van der Waals surface area contributed by atoms with E-state index in [9.17, 15) is 0 Å². The van der Waals surface area contributed by atoms with Gasteiger partial charge in [-0.1, -0.05) is 103 Å². The van der Waals surface area contributed by atoms with E-state index in [2.05, 4.69) is 32.4 Å². The Morgan fingerprint density at radius 3 is 1.53 bits per heavy atom. The van der Waals surface area contributed by atoms with Crippen molar-refractivity contribution < 1.29 is 0 Å². The molecule has 113 valence electrons. The smallest absolute Gasteiger partial charge is 0.0171 e. The summed E-state index contributed by atoms with van der Waals surface area (Å²) in [6, 6.07) is 0. The Morgan fingerprint density at radius 1 is 0.579 bits per heavy atom. The van der Waals surface area contributed by atoms with Crippen LogP contribution in [0.15, 0.2) is 12.2 Å². The fourth-order valence-corrected chi connectivity index (χ4v) is 2.43. The average Bonchev–Trinajstić information content (AvgIpc) is 2.43. The predicted molar refractivity (Wildman–Crippen MR) is 89.4 cm³/mol. The van der Waals surface area contributed by atoms with Crippen molar-refractivity contribution in [2.75, 3.05) is 0 Å². The Balaban J connectivity index is 2.93. The van der Waals surface area contributed by atoms with Crippen molar-refractivity contribution in [1.82, 2.24) is 0 Å². The van der Waals surface area contributed by atoms with E-state index >= 15 is 0 Å². The number of hydrogen-bond donors (Lipinski definition) is 0. The summed E-state index contributed by atoms with van der Waals surface area (Å²) >= 11 is 0. The SMILES string of the molecule is CCC=C[CH]CCCCCCCCCCCCCC. The van der Waals surface area contributed by atoms with Crippen LogP contribution in [0.5, 0.6) is 0 Å². The molecule has 0 aliphatic rings. The van der Waals surface area contributed by atoms with Crippen molar-refractivity contribution in [2.45, 2.75) is 104 Å². The van der Waals surface area contributed by atoms with Crippen molar-refractivity contribution in [3.8, 4) is 0 Å². The van der Waals surface area contributed by atoms with Crippen molar-refractivity contribution in [3.63, 3.8) is 0 Å². The number of rotatable bonds is 15. The third-order valence-corrected chi connectivity index (χ3v) is 3.73. The Labute approximate surface area is 123 Å². The Morgan fingerprint density at radius 2 is 1.05 bits per heavy atom. The molecule has 0 aromatic carbocycles. The maximum atomic E-state index is 2.32. The molecule has 0 aliphatic heterocycles. The third kappa shape index (κ3) is 17.7. The fraction of sp³-hybridized carbons (Fsp3) is 0.842. The topological polar surface area (TPSA) is 0 Å². The molecule has 0 fully saturated rings. The summed E-state index contributed by atoms with van der Waals surface area (Å²) in [6.07, 6.45) is 26.5. The summed E-state index contributed by atoms with van der Waals surface area (Å²) < 4.78 is 0. The highest BCUT2D eigenvalue weighted by molar-refractivity contribution is 4.93. The molecule has 0 heteroatoms. The van der Waals surface area contributed by atoms with Gasteiger partial charge in [-0.2, -0.15) is 0 Å². The normalized spacial score (nSPS) is 11.5. The summed E-state index contributed by atoms with van der Waals surface area (Å²) in [5.74, 6) is 0. The van der Waals surface area contributed by atoms with Gasteiger partial charge in [-0.3, -0.25) is 0 Å². The van der Waals surface area contributed by atoms with Gasteiger partial charge in [0.1, 0.15) is 0 Å². The average molecular weight is 266 g/mol. The highest BCUT2D eigenvalue weighted by Crippen LogP contribution is 2.12. The Kier molecular flexibility index (Phi) is 17.5. The van der Waals surface area contributed by atoms with Crippen LogP contribution in [-0.2, 0) is 0 Å². The van der Waals surface area contributed by atoms with E-state index in [-0.39, 0.29) is 0 Å². The van der Waals surface area contributed by atoms with Gasteiger partial charge in [-0.25, -0.2) is 0 Å². The standard InChI is InChI=1S/C19H37/c1-3-5-7-9-11-13-15-17-19-18-16-14-12-10-8-6-4-2/h5,7,9H,3-4,6,8,10-19H2,1-2H3.